The van der Waals surface area contributed by atoms with Gasteiger partial charge in [-0.2, -0.15) is 0 Å². The van der Waals surface area contributed by atoms with Gasteiger partial charge in [-0.15, -0.1) is 11.3 Å². The van der Waals surface area contributed by atoms with Crippen molar-refractivity contribution in [3.8, 4) is 0 Å². The van der Waals surface area contributed by atoms with E-state index >= 15 is 0 Å². The maximum atomic E-state index is 6.13. The number of nitrogens with one attached hydrogen (secondary N) is 1. The summed E-state index contributed by atoms with van der Waals surface area (Å²) in [5.41, 5.74) is 0.632. The summed E-state index contributed by atoms with van der Waals surface area (Å²) in [5, 5.41) is 3.86. The Balaban J connectivity index is 1.81. The molecule has 1 aromatic rings. The number of nitrogens with zero attached hydrogens (tertiary/aromatic N) is 1. The molecule has 2 nitrogen and oxygen atoms in total. The first-order chi connectivity index (χ1) is 10.1. The number of halogens is 1. The third-order valence-electron chi connectivity index (χ3n) is 5.60. The molecule has 4 heteroatoms. The van der Waals surface area contributed by atoms with Gasteiger partial charge in [0.1, 0.15) is 0 Å². The molecule has 0 radical (unpaired) electrons. The first kappa shape index (κ1) is 15.8. The quantitative estimate of drug-likeness (QED) is 0.867. The SMILES string of the molecule is CCC1(C)CN(Cc2ccc(Cl)s2)C2(CCCCC2)CN1. The Labute approximate surface area is 137 Å². The lowest BCUT2D eigenvalue weighted by Crippen LogP contribution is -2.69. The van der Waals surface area contributed by atoms with Gasteiger partial charge in [-0.3, -0.25) is 4.90 Å². The number of hydrogen-bond donors (Lipinski definition) is 1. The molecule has 1 aliphatic heterocycles. The molecule has 118 valence electrons. The van der Waals surface area contributed by atoms with Gasteiger partial charge < -0.3 is 5.32 Å². The van der Waals surface area contributed by atoms with E-state index < -0.39 is 0 Å². The first-order valence-corrected chi connectivity index (χ1v) is 9.49. The fourth-order valence-electron chi connectivity index (χ4n) is 3.92. The lowest BCUT2D eigenvalue weighted by molar-refractivity contribution is -0.0210. The van der Waals surface area contributed by atoms with Crippen molar-refractivity contribution < 1.29 is 0 Å². The van der Waals surface area contributed by atoms with E-state index in [1.807, 2.05) is 6.07 Å². The fourth-order valence-corrected chi connectivity index (χ4v) is 5.03. The van der Waals surface area contributed by atoms with Crippen molar-refractivity contribution in [3.63, 3.8) is 0 Å². The number of thiophene rings is 1. The highest BCUT2D eigenvalue weighted by Crippen LogP contribution is 2.39. The van der Waals surface area contributed by atoms with Gasteiger partial charge in [0.05, 0.1) is 4.34 Å². The van der Waals surface area contributed by atoms with Gasteiger partial charge in [-0.25, -0.2) is 0 Å². The van der Waals surface area contributed by atoms with Crippen molar-refractivity contribution in [1.82, 2.24) is 10.2 Å². The molecule has 1 N–H and O–H groups in total. The van der Waals surface area contributed by atoms with Gasteiger partial charge in [0.25, 0.3) is 0 Å². The molecule has 2 aliphatic rings. The van der Waals surface area contributed by atoms with Crippen LogP contribution in [0.15, 0.2) is 12.1 Å². The van der Waals surface area contributed by atoms with Crippen LogP contribution in [0.25, 0.3) is 0 Å². The largest absolute Gasteiger partial charge is 0.308 e. The van der Waals surface area contributed by atoms with Gasteiger partial charge >= 0.3 is 0 Å². The molecule has 21 heavy (non-hydrogen) atoms. The van der Waals surface area contributed by atoms with Gasteiger partial charge in [-0.05, 0) is 38.3 Å². The summed E-state index contributed by atoms with van der Waals surface area (Å²) in [7, 11) is 0. The first-order valence-electron chi connectivity index (χ1n) is 8.30. The van der Waals surface area contributed by atoms with Crippen LogP contribution < -0.4 is 5.32 Å². The number of piperazine rings is 1. The summed E-state index contributed by atoms with van der Waals surface area (Å²) in [6.45, 7) is 8.03. The maximum Gasteiger partial charge on any atom is 0.0931 e. The van der Waals surface area contributed by atoms with E-state index in [0.29, 0.717) is 5.54 Å². The average Bonchev–Trinajstić information content (AvgIpc) is 2.90. The van der Waals surface area contributed by atoms with Crippen LogP contribution in [-0.2, 0) is 6.54 Å². The smallest absolute Gasteiger partial charge is 0.0931 e. The van der Waals surface area contributed by atoms with Crippen LogP contribution in [0.5, 0.6) is 0 Å². The molecule has 1 aliphatic carbocycles. The molecule has 0 amide bonds. The van der Waals surface area contributed by atoms with E-state index in [9.17, 15) is 0 Å². The lowest BCUT2D eigenvalue weighted by atomic mass is 9.76. The Morgan fingerprint density at radius 2 is 2.05 bits per heavy atom. The van der Waals surface area contributed by atoms with Gasteiger partial charge in [0.15, 0.2) is 0 Å². The molecule has 1 aromatic heterocycles. The maximum absolute atomic E-state index is 6.13. The molecular weight excluding hydrogens is 300 g/mol. The van der Waals surface area contributed by atoms with Gasteiger partial charge in [0, 0.05) is 35.6 Å². The van der Waals surface area contributed by atoms with E-state index in [-0.39, 0.29) is 5.54 Å². The van der Waals surface area contributed by atoms with E-state index in [0.717, 1.165) is 24.0 Å². The Morgan fingerprint density at radius 3 is 2.67 bits per heavy atom. The lowest BCUT2D eigenvalue weighted by Gasteiger charge is -2.55. The zero-order valence-electron chi connectivity index (χ0n) is 13.3. The van der Waals surface area contributed by atoms with Crippen LogP contribution in [0.4, 0.5) is 0 Å². The standard InChI is InChI=1S/C17H27ClN2S/c1-3-16(2)13-20(11-14-7-8-15(18)21-14)17(12-19-16)9-5-4-6-10-17/h7-8,19H,3-6,9-13H2,1-2H3. The van der Waals surface area contributed by atoms with Crippen LogP contribution >= 0.6 is 22.9 Å². The van der Waals surface area contributed by atoms with Crippen LogP contribution in [-0.4, -0.2) is 29.1 Å². The molecule has 1 unspecified atom stereocenters. The molecule has 3 rings (SSSR count). The topological polar surface area (TPSA) is 15.3 Å². The molecule has 1 spiro atoms. The summed E-state index contributed by atoms with van der Waals surface area (Å²) in [4.78, 5) is 4.18. The molecule has 0 aromatic carbocycles. The Kier molecular flexibility index (Phi) is 4.66. The highest BCUT2D eigenvalue weighted by molar-refractivity contribution is 7.16. The predicted octanol–water partition coefficient (Wildman–Crippen LogP) is 4.68. The Bertz CT molecular complexity index is 481. The Hall–Kier alpha value is -0.0900. The van der Waals surface area contributed by atoms with Crippen LogP contribution in [0.2, 0.25) is 4.34 Å². The van der Waals surface area contributed by atoms with E-state index in [4.69, 9.17) is 11.6 Å². The van der Waals surface area contributed by atoms with Crippen LogP contribution in [0.3, 0.4) is 0 Å². The highest BCUT2D eigenvalue weighted by atomic mass is 35.5. The summed E-state index contributed by atoms with van der Waals surface area (Å²) >= 11 is 7.87. The monoisotopic (exact) mass is 326 g/mol. The summed E-state index contributed by atoms with van der Waals surface area (Å²) < 4.78 is 0.913. The zero-order chi connectivity index (χ0) is 14.9. The van der Waals surface area contributed by atoms with Crippen molar-refractivity contribution in [2.45, 2.75) is 70.0 Å². The van der Waals surface area contributed by atoms with Crippen LogP contribution in [0.1, 0.15) is 57.2 Å². The van der Waals surface area contributed by atoms with E-state index in [1.165, 1.54) is 43.4 Å². The summed E-state index contributed by atoms with van der Waals surface area (Å²) in [5.74, 6) is 0. The minimum Gasteiger partial charge on any atom is -0.308 e. The Morgan fingerprint density at radius 1 is 1.29 bits per heavy atom. The van der Waals surface area contributed by atoms with Crippen LogP contribution in [0, 0.1) is 0 Å². The molecule has 1 atom stereocenters. The second-order valence-corrected chi connectivity index (χ2v) is 8.91. The van der Waals surface area contributed by atoms with E-state index in [1.54, 1.807) is 11.3 Å². The summed E-state index contributed by atoms with van der Waals surface area (Å²) in [6, 6.07) is 4.24. The van der Waals surface area contributed by atoms with Crippen molar-refractivity contribution in [2.75, 3.05) is 13.1 Å². The van der Waals surface area contributed by atoms with Crippen molar-refractivity contribution in [1.29, 1.82) is 0 Å². The third-order valence-corrected chi connectivity index (χ3v) is 6.81. The second kappa shape index (κ2) is 6.19. The molecule has 1 saturated carbocycles. The normalized spacial score (nSPS) is 29.9. The van der Waals surface area contributed by atoms with Crippen molar-refractivity contribution in [2.24, 2.45) is 0 Å². The third kappa shape index (κ3) is 3.31. The average molecular weight is 327 g/mol. The minimum atomic E-state index is 0.254. The zero-order valence-corrected chi connectivity index (χ0v) is 14.8. The fraction of sp³-hybridized carbons (Fsp3) is 0.765. The number of hydrogen-bond acceptors (Lipinski definition) is 3. The van der Waals surface area contributed by atoms with Crippen molar-refractivity contribution in [3.05, 3.63) is 21.3 Å². The highest BCUT2D eigenvalue weighted by Gasteiger charge is 2.45. The molecular formula is C17H27ClN2S. The molecule has 1 saturated heterocycles. The van der Waals surface area contributed by atoms with E-state index in [2.05, 4.69) is 30.1 Å². The molecule has 2 fully saturated rings. The second-order valence-electron chi connectivity index (χ2n) is 7.11. The molecule has 2 heterocycles. The minimum absolute atomic E-state index is 0.254. The predicted molar refractivity (Wildman–Crippen MR) is 92.3 cm³/mol. The van der Waals surface area contributed by atoms with Gasteiger partial charge in [0.2, 0.25) is 0 Å². The van der Waals surface area contributed by atoms with Gasteiger partial charge in [-0.1, -0.05) is 37.8 Å². The van der Waals surface area contributed by atoms with Crippen molar-refractivity contribution >= 4 is 22.9 Å². The number of rotatable bonds is 3. The molecule has 0 bridgehead atoms. The summed E-state index contributed by atoms with van der Waals surface area (Å²) in [6.07, 6.45) is 8.05.